The van der Waals surface area contributed by atoms with Gasteiger partial charge in [0, 0.05) is 18.3 Å². The van der Waals surface area contributed by atoms with E-state index in [0.717, 1.165) is 49.0 Å². The minimum Gasteiger partial charge on any atom is -0.339 e. The second-order valence-corrected chi connectivity index (χ2v) is 7.51. The van der Waals surface area contributed by atoms with Gasteiger partial charge < -0.3 is 10.2 Å². The van der Waals surface area contributed by atoms with Crippen LogP contribution in [0.4, 0.5) is 5.69 Å². The van der Waals surface area contributed by atoms with Crippen molar-refractivity contribution in [2.75, 3.05) is 11.9 Å². The van der Waals surface area contributed by atoms with E-state index in [1.807, 2.05) is 30.9 Å². The first-order chi connectivity index (χ1) is 11.3. The monoisotopic (exact) mass is 330 g/mol. The quantitative estimate of drug-likeness (QED) is 0.846. The van der Waals surface area contributed by atoms with Crippen LogP contribution in [0.2, 0.25) is 0 Å². The zero-order chi connectivity index (χ0) is 17.9. The number of aryl methyl sites for hydroxylation is 2. The minimum absolute atomic E-state index is 0.0593. The molecule has 1 aliphatic heterocycles. The Morgan fingerprint density at radius 1 is 1.17 bits per heavy atom. The van der Waals surface area contributed by atoms with E-state index in [0.29, 0.717) is 0 Å². The van der Waals surface area contributed by atoms with Crippen molar-refractivity contribution < 1.29 is 9.59 Å². The molecule has 0 aliphatic carbocycles. The van der Waals surface area contributed by atoms with Gasteiger partial charge in [0.05, 0.1) is 0 Å². The molecule has 1 unspecified atom stereocenters. The van der Waals surface area contributed by atoms with E-state index < -0.39 is 5.41 Å². The standard InChI is InChI=1S/C20H30N2O2/c1-6-17-9-7-8-10-22(17)19(24)20(4,5)18(23)21-16-12-14(2)11-15(3)13-16/h11-13,17H,6-10H2,1-5H3,(H,21,23). The number of nitrogens with zero attached hydrogens (tertiary/aromatic N) is 1. The smallest absolute Gasteiger partial charge is 0.239 e. The molecular formula is C20H30N2O2. The predicted molar refractivity (Wildman–Crippen MR) is 98.0 cm³/mol. The number of carbonyl (C=O) groups excluding carboxylic acids is 2. The molecule has 0 aromatic heterocycles. The van der Waals surface area contributed by atoms with Crippen molar-refractivity contribution in [2.24, 2.45) is 5.41 Å². The van der Waals surface area contributed by atoms with Crippen LogP contribution in [0.5, 0.6) is 0 Å². The number of piperidine rings is 1. The average molecular weight is 330 g/mol. The first-order valence-electron chi connectivity index (χ1n) is 8.96. The lowest BCUT2D eigenvalue weighted by Gasteiger charge is -2.39. The number of likely N-dealkylation sites (tertiary alicyclic amines) is 1. The summed E-state index contributed by atoms with van der Waals surface area (Å²) >= 11 is 0. The molecular weight excluding hydrogens is 300 g/mol. The lowest BCUT2D eigenvalue weighted by atomic mass is 9.87. The highest BCUT2D eigenvalue weighted by atomic mass is 16.2. The summed E-state index contributed by atoms with van der Waals surface area (Å²) < 4.78 is 0. The van der Waals surface area contributed by atoms with E-state index >= 15 is 0 Å². The predicted octanol–water partition coefficient (Wildman–Crippen LogP) is 4.06. The summed E-state index contributed by atoms with van der Waals surface area (Å²) in [6, 6.07) is 6.19. The molecule has 132 valence electrons. The molecule has 2 amide bonds. The Bertz CT molecular complexity index is 602. The van der Waals surface area contributed by atoms with Crippen LogP contribution in [0.1, 0.15) is 57.6 Å². The second kappa shape index (κ2) is 7.37. The van der Waals surface area contributed by atoms with Gasteiger partial charge in [-0.25, -0.2) is 0 Å². The van der Waals surface area contributed by atoms with E-state index in [1.165, 1.54) is 0 Å². The number of hydrogen-bond acceptors (Lipinski definition) is 2. The highest BCUT2D eigenvalue weighted by Crippen LogP contribution is 2.28. The molecule has 0 bridgehead atoms. The van der Waals surface area contributed by atoms with Crippen molar-refractivity contribution in [3.8, 4) is 0 Å². The Hall–Kier alpha value is -1.84. The molecule has 0 radical (unpaired) electrons. The zero-order valence-corrected chi connectivity index (χ0v) is 15.6. The Kier molecular flexibility index (Phi) is 5.68. The molecule has 1 fully saturated rings. The molecule has 1 aromatic carbocycles. The third-order valence-corrected chi connectivity index (χ3v) is 4.94. The lowest BCUT2D eigenvalue weighted by Crippen LogP contribution is -2.52. The van der Waals surface area contributed by atoms with Gasteiger partial charge in [-0.1, -0.05) is 13.0 Å². The molecule has 1 aromatic rings. The van der Waals surface area contributed by atoms with Crippen LogP contribution in [-0.4, -0.2) is 29.3 Å². The largest absolute Gasteiger partial charge is 0.339 e. The fraction of sp³-hybridized carbons (Fsp3) is 0.600. The van der Waals surface area contributed by atoms with Gasteiger partial charge in [-0.2, -0.15) is 0 Å². The van der Waals surface area contributed by atoms with Gasteiger partial charge in [0.25, 0.3) is 0 Å². The van der Waals surface area contributed by atoms with Gasteiger partial charge in [-0.3, -0.25) is 9.59 Å². The van der Waals surface area contributed by atoms with Crippen LogP contribution >= 0.6 is 0 Å². The third-order valence-electron chi connectivity index (χ3n) is 4.94. The minimum atomic E-state index is -1.07. The van der Waals surface area contributed by atoms with Gasteiger partial charge in [0.15, 0.2) is 0 Å². The summed E-state index contributed by atoms with van der Waals surface area (Å²) in [7, 11) is 0. The maximum atomic E-state index is 13.0. The summed E-state index contributed by atoms with van der Waals surface area (Å²) in [6.07, 6.45) is 4.17. The Morgan fingerprint density at radius 2 is 1.79 bits per heavy atom. The fourth-order valence-electron chi connectivity index (χ4n) is 3.48. The van der Waals surface area contributed by atoms with E-state index in [4.69, 9.17) is 0 Å². The molecule has 24 heavy (non-hydrogen) atoms. The van der Waals surface area contributed by atoms with Gasteiger partial charge in [0.2, 0.25) is 11.8 Å². The molecule has 0 saturated carbocycles. The molecule has 1 heterocycles. The summed E-state index contributed by atoms with van der Waals surface area (Å²) in [5.41, 5.74) is 1.87. The van der Waals surface area contributed by atoms with Gasteiger partial charge in [0.1, 0.15) is 5.41 Å². The van der Waals surface area contributed by atoms with Crippen LogP contribution < -0.4 is 5.32 Å². The first kappa shape index (κ1) is 18.5. The summed E-state index contributed by atoms with van der Waals surface area (Å²) in [5, 5.41) is 2.93. The molecule has 1 N–H and O–H groups in total. The normalized spacial score (nSPS) is 18.4. The maximum Gasteiger partial charge on any atom is 0.239 e. The number of hydrogen-bond donors (Lipinski definition) is 1. The fourth-order valence-corrected chi connectivity index (χ4v) is 3.48. The van der Waals surface area contributed by atoms with E-state index in [1.54, 1.807) is 13.8 Å². The van der Waals surface area contributed by atoms with Crippen LogP contribution in [0.15, 0.2) is 18.2 Å². The van der Waals surface area contributed by atoms with Crippen molar-refractivity contribution in [2.45, 2.75) is 66.3 Å². The van der Waals surface area contributed by atoms with E-state index in [2.05, 4.69) is 18.3 Å². The Morgan fingerprint density at radius 3 is 2.38 bits per heavy atom. The van der Waals surface area contributed by atoms with Crippen molar-refractivity contribution >= 4 is 17.5 Å². The molecule has 1 aliphatic rings. The van der Waals surface area contributed by atoms with Crippen molar-refractivity contribution in [3.05, 3.63) is 29.3 Å². The molecule has 4 nitrogen and oxygen atoms in total. The Balaban J connectivity index is 2.15. The topological polar surface area (TPSA) is 49.4 Å². The highest BCUT2D eigenvalue weighted by molar-refractivity contribution is 6.10. The molecule has 0 spiro atoms. The van der Waals surface area contributed by atoms with Gasteiger partial charge in [-0.15, -0.1) is 0 Å². The van der Waals surface area contributed by atoms with Crippen molar-refractivity contribution in [1.29, 1.82) is 0 Å². The zero-order valence-electron chi connectivity index (χ0n) is 15.6. The molecule has 4 heteroatoms. The second-order valence-electron chi connectivity index (χ2n) is 7.51. The number of anilines is 1. The van der Waals surface area contributed by atoms with Gasteiger partial charge >= 0.3 is 0 Å². The van der Waals surface area contributed by atoms with Crippen LogP contribution in [0.25, 0.3) is 0 Å². The van der Waals surface area contributed by atoms with Crippen LogP contribution in [-0.2, 0) is 9.59 Å². The van der Waals surface area contributed by atoms with Crippen molar-refractivity contribution in [3.63, 3.8) is 0 Å². The number of rotatable bonds is 4. The first-order valence-corrected chi connectivity index (χ1v) is 8.96. The summed E-state index contributed by atoms with van der Waals surface area (Å²) in [5.74, 6) is -0.297. The Labute approximate surface area is 145 Å². The van der Waals surface area contributed by atoms with E-state index in [-0.39, 0.29) is 17.9 Å². The number of amides is 2. The van der Waals surface area contributed by atoms with Crippen molar-refractivity contribution in [1.82, 2.24) is 4.90 Å². The maximum absolute atomic E-state index is 13.0. The SMILES string of the molecule is CCC1CCCCN1C(=O)C(C)(C)C(=O)Nc1cc(C)cc(C)c1. The number of carbonyl (C=O) groups is 2. The van der Waals surface area contributed by atoms with Crippen LogP contribution in [0.3, 0.4) is 0 Å². The van der Waals surface area contributed by atoms with E-state index in [9.17, 15) is 9.59 Å². The number of nitrogens with one attached hydrogen (secondary N) is 1. The number of benzene rings is 1. The highest BCUT2D eigenvalue weighted by Gasteiger charge is 2.41. The van der Waals surface area contributed by atoms with Crippen LogP contribution in [0, 0.1) is 19.3 Å². The average Bonchev–Trinajstić information content (AvgIpc) is 2.52. The molecule has 1 atom stereocenters. The summed E-state index contributed by atoms with van der Waals surface area (Å²) in [4.78, 5) is 27.7. The molecule has 1 saturated heterocycles. The summed E-state index contributed by atoms with van der Waals surface area (Å²) in [6.45, 7) is 10.3. The third kappa shape index (κ3) is 3.97. The molecule has 2 rings (SSSR count). The van der Waals surface area contributed by atoms with Gasteiger partial charge in [-0.05, 0) is 76.6 Å². The lowest BCUT2D eigenvalue weighted by molar-refractivity contribution is -0.149.